The number of nitrogens with zero attached hydrogens (tertiary/aromatic N) is 3. The number of para-hydroxylation sites is 1. The van der Waals surface area contributed by atoms with Crippen molar-refractivity contribution in [2.45, 2.75) is 19.4 Å². The zero-order valence-corrected chi connectivity index (χ0v) is 10.2. The van der Waals surface area contributed by atoms with Crippen LogP contribution < -0.4 is 4.90 Å². The van der Waals surface area contributed by atoms with Crippen LogP contribution in [0.2, 0.25) is 0 Å². The van der Waals surface area contributed by atoms with Gasteiger partial charge in [-0.05, 0) is 37.1 Å². The molecule has 1 unspecified atom stereocenters. The summed E-state index contributed by atoms with van der Waals surface area (Å²) in [6, 6.07) is 14.6. The molecule has 0 spiro atoms. The number of hydrogen-bond acceptors (Lipinski definition) is 3. The Morgan fingerprint density at radius 1 is 1.28 bits per heavy atom. The smallest absolute Gasteiger partial charge is 0.133 e. The Balaban J connectivity index is 2.04. The number of rotatable bonds is 1. The molecule has 1 aromatic heterocycles. The Bertz CT molecular complexity index is 610. The molecule has 2 heterocycles. The first-order valence-corrected chi connectivity index (χ1v) is 6.03. The second-order valence-corrected chi connectivity index (χ2v) is 4.57. The zero-order chi connectivity index (χ0) is 12.5. The van der Waals surface area contributed by atoms with Crippen LogP contribution >= 0.6 is 0 Å². The van der Waals surface area contributed by atoms with Gasteiger partial charge in [-0.15, -0.1) is 0 Å². The summed E-state index contributed by atoms with van der Waals surface area (Å²) in [6.07, 6.45) is 2.67. The summed E-state index contributed by atoms with van der Waals surface area (Å²) in [5, 5.41) is 8.80. The molecular weight excluding hydrogens is 222 g/mol. The van der Waals surface area contributed by atoms with Gasteiger partial charge in [0, 0.05) is 17.9 Å². The molecule has 0 aliphatic carbocycles. The van der Waals surface area contributed by atoms with Gasteiger partial charge in [-0.25, -0.2) is 4.98 Å². The normalized spacial score (nSPS) is 17.3. The number of benzene rings is 1. The topological polar surface area (TPSA) is 39.9 Å². The molecule has 1 aliphatic rings. The third kappa shape index (κ3) is 1.63. The van der Waals surface area contributed by atoms with Crippen LogP contribution in [0.3, 0.4) is 0 Å². The highest BCUT2D eigenvalue weighted by atomic mass is 15.2. The van der Waals surface area contributed by atoms with Gasteiger partial charge in [0.1, 0.15) is 11.9 Å². The molecule has 88 valence electrons. The van der Waals surface area contributed by atoms with Gasteiger partial charge in [-0.1, -0.05) is 18.2 Å². The standard InChI is InChI=1S/C15H13N3/c1-11-8-13-4-2-3-5-14(13)18(11)15-7-6-12(9-16)10-17-15/h2-7,10-11H,8H2,1H3. The van der Waals surface area contributed by atoms with Crippen LogP contribution in [0.15, 0.2) is 42.6 Å². The van der Waals surface area contributed by atoms with Gasteiger partial charge >= 0.3 is 0 Å². The monoisotopic (exact) mass is 235 g/mol. The summed E-state index contributed by atoms with van der Waals surface area (Å²) in [6.45, 7) is 2.19. The lowest BCUT2D eigenvalue weighted by molar-refractivity contribution is 0.750. The van der Waals surface area contributed by atoms with Crippen molar-refractivity contribution in [2.75, 3.05) is 4.90 Å². The molecular formula is C15H13N3. The Hall–Kier alpha value is -2.34. The van der Waals surface area contributed by atoms with E-state index < -0.39 is 0 Å². The second kappa shape index (κ2) is 4.15. The van der Waals surface area contributed by atoms with Gasteiger partial charge in [-0.3, -0.25) is 0 Å². The Morgan fingerprint density at radius 2 is 2.11 bits per heavy atom. The van der Waals surface area contributed by atoms with E-state index in [2.05, 4.69) is 41.1 Å². The first kappa shape index (κ1) is 10.8. The van der Waals surface area contributed by atoms with E-state index in [0.29, 0.717) is 11.6 Å². The summed E-state index contributed by atoms with van der Waals surface area (Å²) < 4.78 is 0. The largest absolute Gasteiger partial charge is 0.323 e. The minimum Gasteiger partial charge on any atom is -0.323 e. The van der Waals surface area contributed by atoms with E-state index in [-0.39, 0.29) is 0 Å². The van der Waals surface area contributed by atoms with E-state index >= 15 is 0 Å². The number of hydrogen-bond donors (Lipinski definition) is 0. The third-order valence-electron chi connectivity index (χ3n) is 3.33. The molecule has 0 amide bonds. The third-order valence-corrected chi connectivity index (χ3v) is 3.33. The molecule has 0 radical (unpaired) electrons. The molecule has 1 aromatic carbocycles. The van der Waals surface area contributed by atoms with Crippen LogP contribution in [0.1, 0.15) is 18.1 Å². The second-order valence-electron chi connectivity index (χ2n) is 4.57. The predicted molar refractivity (Wildman–Crippen MR) is 70.7 cm³/mol. The van der Waals surface area contributed by atoms with Crippen LogP contribution in [0.25, 0.3) is 0 Å². The minimum absolute atomic E-state index is 0.405. The molecule has 3 rings (SSSR count). The van der Waals surface area contributed by atoms with Gasteiger partial charge in [0.05, 0.1) is 5.56 Å². The van der Waals surface area contributed by atoms with Gasteiger partial charge in [0.15, 0.2) is 0 Å². The lowest BCUT2D eigenvalue weighted by Gasteiger charge is -2.23. The quantitative estimate of drug-likeness (QED) is 0.762. The summed E-state index contributed by atoms with van der Waals surface area (Å²) >= 11 is 0. The van der Waals surface area contributed by atoms with Crippen LogP contribution in [-0.2, 0) is 6.42 Å². The molecule has 0 saturated carbocycles. The van der Waals surface area contributed by atoms with Crippen LogP contribution in [0.5, 0.6) is 0 Å². The molecule has 2 aromatic rings. The van der Waals surface area contributed by atoms with E-state index in [0.717, 1.165) is 12.2 Å². The lowest BCUT2D eigenvalue weighted by Crippen LogP contribution is -2.24. The fourth-order valence-corrected chi connectivity index (χ4v) is 2.51. The van der Waals surface area contributed by atoms with Gasteiger partial charge in [-0.2, -0.15) is 5.26 Å². The Labute approximate surface area is 106 Å². The first-order valence-electron chi connectivity index (χ1n) is 6.03. The lowest BCUT2D eigenvalue weighted by atomic mass is 10.1. The molecule has 0 fully saturated rings. The van der Waals surface area contributed by atoms with Crippen molar-refractivity contribution in [1.29, 1.82) is 5.26 Å². The molecule has 0 bridgehead atoms. The maximum absolute atomic E-state index is 8.80. The molecule has 3 nitrogen and oxygen atoms in total. The SMILES string of the molecule is CC1Cc2ccccc2N1c1ccc(C#N)cn1. The van der Waals surface area contributed by atoms with Crippen molar-refractivity contribution < 1.29 is 0 Å². The van der Waals surface area contributed by atoms with Crippen molar-refractivity contribution in [3.63, 3.8) is 0 Å². The van der Waals surface area contributed by atoms with Crippen LogP contribution in [0, 0.1) is 11.3 Å². The minimum atomic E-state index is 0.405. The van der Waals surface area contributed by atoms with Gasteiger partial charge < -0.3 is 4.90 Å². The van der Waals surface area contributed by atoms with Crippen molar-refractivity contribution in [1.82, 2.24) is 4.98 Å². The van der Waals surface area contributed by atoms with E-state index in [4.69, 9.17) is 5.26 Å². The van der Waals surface area contributed by atoms with E-state index in [1.807, 2.05) is 18.2 Å². The average molecular weight is 235 g/mol. The molecule has 18 heavy (non-hydrogen) atoms. The summed E-state index contributed by atoms with van der Waals surface area (Å²) in [4.78, 5) is 6.62. The summed E-state index contributed by atoms with van der Waals surface area (Å²) in [7, 11) is 0. The maximum Gasteiger partial charge on any atom is 0.133 e. The molecule has 0 N–H and O–H groups in total. The van der Waals surface area contributed by atoms with E-state index in [9.17, 15) is 0 Å². The fraction of sp³-hybridized carbons (Fsp3) is 0.200. The van der Waals surface area contributed by atoms with Crippen molar-refractivity contribution in [2.24, 2.45) is 0 Å². The van der Waals surface area contributed by atoms with Crippen molar-refractivity contribution in [3.05, 3.63) is 53.7 Å². The summed E-state index contributed by atoms with van der Waals surface area (Å²) in [5.74, 6) is 0.909. The molecule has 1 aliphatic heterocycles. The van der Waals surface area contributed by atoms with Gasteiger partial charge in [0.2, 0.25) is 0 Å². The maximum atomic E-state index is 8.80. The fourth-order valence-electron chi connectivity index (χ4n) is 2.51. The Morgan fingerprint density at radius 3 is 2.83 bits per heavy atom. The number of aromatic nitrogens is 1. The predicted octanol–water partition coefficient (Wildman–Crippen LogP) is 3.04. The summed E-state index contributed by atoms with van der Waals surface area (Å²) in [5.41, 5.74) is 3.18. The zero-order valence-electron chi connectivity index (χ0n) is 10.2. The van der Waals surface area contributed by atoms with Crippen molar-refractivity contribution in [3.8, 4) is 6.07 Å². The van der Waals surface area contributed by atoms with Gasteiger partial charge in [0.25, 0.3) is 0 Å². The number of anilines is 2. The van der Waals surface area contributed by atoms with Crippen LogP contribution in [0.4, 0.5) is 11.5 Å². The highest BCUT2D eigenvalue weighted by Crippen LogP contribution is 2.36. The molecule has 1 atom stereocenters. The highest BCUT2D eigenvalue weighted by Gasteiger charge is 2.27. The highest BCUT2D eigenvalue weighted by molar-refractivity contribution is 5.68. The van der Waals surface area contributed by atoms with Crippen LogP contribution in [-0.4, -0.2) is 11.0 Å². The van der Waals surface area contributed by atoms with Crippen molar-refractivity contribution >= 4 is 11.5 Å². The molecule has 0 saturated heterocycles. The number of fused-ring (bicyclic) bond motifs is 1. The van der Waals surface area contributed by atoms with E-state index in [1.165, 1.54) is 11.3 Å². The van der Waals surface area contributed by atoms with E-state index in [1.54, 1.807) is 6.20 Å². The first-order chi connectivity index (χ1) is 8.79. The molecule has 3 heteroatoms. The Kier molecular flexibility index (Phi) is 2.49. The number of pyridine rings is 1. The number of nitriles is 1. The average Bonchev–Trinajstić information content (AvgIpc) is 2.75.